The van der Waals surface area contributed by atoms with Crippen molar-refractivity contribution in [2.24, 2.45) is 0 Å². The maximum Gasteiger partial charge on any atom is 0.320 e. The highest BCUT2D eigenvalue weighted by molar-refractivity contribution is 6.34. The number of nitrogens with zero attached hydrogens (tertiary/aromatic N) is 1. The number of rotatable bonds is 5. The highest BCUT2D eigenvalue weighted by atomic mass is 35.5. The molecule has 0 aliphatic carbocycles. The Morgan fingerprint density at radius 1 is 1.40 bits per heavy atom. The Labute approximate surface area is 123 Å². The van der Waals surface area contributed by atoms with Gasteiger partial charge in [-0.25, -0.2) is 0 Å². The largest absolute Gasteiger partial charge is 0.480 e. The van der Waals surface area contributed by atoms with Crippen LogP contribution in [0.5, 0.6) is 0 Å². The first kappa shape index (κ1) is 16.5. The lowest BCUT2D eigenvalue weighted by Gasteiger charge is -2.21. The van der Waals surface area contributed by atoms with E-state index in [9.17, 15) is 9.59 Å². The van der Waals surface area contributed by atoms with Crippen LogP contribution in [-0.2, 0) is 9.59 Å². The molecule has 20 heavy (non-hydrogen) atoms. The number of aryl methyl sites for hydroxylation is 2. The fraction of sp³-hybridized carbons (Fsp3) is 0.429. The quantitative estimate of drug-likeness (QED) is 0.875. The molecular formula is C14H19ClN2O3. The fourth-order valence-corrected chi connectivity index (χ4v) is 2.17. The maximum absolute atomic E-state index is 11.9. The molecule has 0 aliphatic rings. The zero-order valence-electron chi connectivity index (χ0n) is 12.0. The Kier molecular flexibility index (Phi) is 5.53. The standard InChI is InChI=1S/C14H19ClN2O3/c1-8-5-9(2)13(11(15)6-8)16-12(18)7-17(4)10(3)14(19)20/h5-6,10H,7H2,1-4H3,(H,16,18)(H,19,20). The lowest BCUT2D eigenvalue weighted by atomic mass is 10.1. The summed E-state index contributed by atoms with van der Waals surface area (Å²) in [6.07, 6.45) is 0. The van der Waals surface area contributed by atoms with Crippen molar-refractivity contribution in [3.63, 3.8) is 0 Å². The average molecular weight is 299 g/mol. The van der Waals surface area contributed by atoms with Gasteiger partial charge in [0.15, 0.2) is 0 Å². The number of halogens is 1. The van der Waals surface area contributed by atoms with E-state index >= 15 is 0 Å². The van der Waals surface area contributed by atoms with Gasteiger partial charge in [0.1, 0.15) is 6.04 Å². The number of carboxylic acids is 1. The second-order valence-electron chi connectivity index (χ2n) is 4.92. The number of anilines is 1. The normalized spacial score (nSPS) is 12.3. The van der Waals surface area contributed by atoms with Crippen molar-refractivity contribution in [2.75, 3.05) is 18.9 Å². The summed E-state index contributed by atoms with van der Waals surface area (Å²) >= 11 is 6.11. The molecule has 0 bridgehead atoms. The van der Waals surface area contributed by atoms with Crippen molar-refractivity contribution in [1.29, 1.82) is 0 Å². The number of hydrogen-bond donors (Lipinski definition) is 2. The molecule has 0 saturated heterocycles. The molecule has 1 unspecified atom stereocenters. The number of benzene rings is 1. The predicted molar refractivity (Wildman–Crippen MR) is 79.3 cm³/mol. The fourth-order valence-electron chi connectivity index (χ4n) is 1.80. The Balaban J connectivity index is 2.75. The van der Waals surface area contributed by atoms with E-state index in [1.807, 2.05) is 19.9 Å². The van der Waals surface area contributed by atoms with Crippen molar-refractivity contribution in [3.8, 4) is 0 Å². The molecule has 0 saturated carbocycles. The summed E-state index contributed by atoms with van der Waals surface area (Å²) in [4.78, 5) is 24.2. The Morgan fingerprint density at radius 2 is 2.00 bits per heavy atom. The lowest BCUT2D eigenvalue weighted by molar-refractivity contribution is -0.142. The molecule has 0 heterocycles. The van der Waals surface area contributed by atoms with Crippen molar-refractivity contribution in [2.45, 2.75) is 26.8 Å². The van der Waals surface area contributed by atoms with E-state index in [1.165, 1.54) is 11.8 Å². The SMILES string of the molecule is Cc1cc(C)c(NC(=O)CN(C)C(C)C(=O)O)c(Cl)c1. The summed E-state index contributed by atoms with van der Waals surface area (Å²) < 4.78 is 0. The Bertz CT molecular complexity index is 508. The second-order valence-corrected chi connectivity index (χ2v) is 5.32. The molecule has 0 aromatic heterocycles. The van der Waals surface area contributed by atoms with Crippen molar-refractivity contribution in [3.05, 3.63) is 28.3 Å². The van der Waals surface area contributed by atoms with Gasteiger partial charge in [0.05, 0.1) is 17.3 Å². The molecule has 1 aromatic carbocycles. The molecule has 1 rings (SSSR count). The third-order valence-electron chi connectivity index (χ3n) is 3.11. The van der Waals surface area contributed by atoms with Crippen molar-refractivity contribution >= 4 is 29.2 Å². The van der Waals surface area contributed by atoms with Crippen LogP contribution in [0, 0.1) is 13.8 Å². The van der Waals surface area contributed by atoms with E-state index < -0.39 is 12.0 Å². The zero-order chi connectivity index (χ0) is 15.4. The topological polar surface area (TPSA) is 69.6 Å². The van der Waals surface area contributed by atoms with Gasteiger partial charge in [-0.1, -0.05) is 17.7 Å². The molecule has 2 N–H and O–H groups in total. The van der Waals surface area contributed by atoms with Gasteiger partial charge in [-0.3, -0.25) is 14.5 Å². The molecule has 0 aliphatic heterocycles. The minimum atomic E-state index is -0.968. The molecule has 0 spiro atoms. The minimum absolute atomic E-state index is 0.0168. The minimum Gasteiger partial charge on any atom is -0.480 e. The number of likely N-dealkylation sites (N-methyl/N-ethyl adjacent to an activating group) is 1. The molecule has 1 aromatic rings. The lowest BCUT2D eigenvalue weighted by Crippen LogP contribution is -2.40. The van der Waals surface area contributed by atoms with Gasteiger partial charge in [0.25, 0.3) is 0 Å². The number of amides is 1. The van der Waals surface area contributed by atoms with E-state index in [4.69, 9.17) is 16.7 Å². The van der Waals surface area contributed by atoms with Crippen LogP contribution in [0.2, 0.25) is 5.02 Å². The predicted octanol–water partition coefficient (Wildman–Crippen LogP) is 2.30. The summed E-state index contributed by atoms with van der Waals surface area (Å²) in [5.74, 6) is -1.26. The van der Waals surface area contributed by atoms with Gasteiger partial charge in [-0.15, -0.1) is 0 Å². The monoisotopic (exact) mass is 298 g/mol. The van der Waals surface area contributed by atoms with E-state index in [1.54, 1.807) is 13.1 Å². The molecule has 110 valence electrons. The summed E-state index contributed by atoms with van der Waals surface area (Å²) in [5, 5.41) is 12.1. The maximum atomic E-state index is 11.9. The van der Waals surface area contributed by atoms with Crippen molar-refractivity contribution in [1.82, 2.24) is 4.90 Å². The van der Waals surface area contributed by atoms with Gasteiger partial charge in [0.2, 0.25) is 5.91 Å². The molecule has 0 fully saturated rings. The van der Waals surface area contributed by atoms with Crippen LogP contribution in [0.25, 0.3) is 0 Å². The number of aliphatic carboxylic acids is 1. The third kappa shape index (κ3) is 4.21. The van der Waals surface area contributed by atoms with Gasteiger partial charge in [-0.05, 0) is 45.0 Å². The summed E-state index contributed by atoms with van der Waals surface area (Å²) in [5.41, 5.74) is 2.46. The van der Waals surface area contributed by atoms with Gasteiger partial charge < -0.3 is 10.4 Å². The summed E-state index contributed by atoms with van der Waals surface area (Å²) in [6, 6.07) is 2.97. The Hall–Kier alpha value is -1.59. The first-order chi connectivity index (χ1) is 9.22. The van der Waals surface area contributed by atoms with E-state index in [0.29, 0.717) is 10.7 Å². The Morgan fingerprint density at radius 3 is 2.50 bits per heavy atom. The molecule has 1 amide bonds. The van der Waals surface area contributed by atoms with Gasteiger partial charge >= 0.3 is 5.97 Å². The van der Waals surface area contributed by atoms with E-state index in [2.05, 4.69) is 5.32 Å². The number of carboxylic acid groups (broad SMARTS) is 1. The first-order valence-corrected chi connectivity index (χ1v) is 6.59. The van der Waals surface area contributed by atoms with Crippen LogP contribution in [0.4, 0.5) is 5.69 Å². The number of carbonyl (C=O) groups is 2. The number of carbonyl (C=O) groups excluding carboxylic acids is 1. The average Bonchev–Trinajstić information content (AvgIpc) is 2.32. The van der Waals surface area contributed by atoms with Crippen LogP contribution < -0.4 is 5.32 Å². The molecule has 5 nitrogen and oxygen atoms in total. The van der Waals surface area contributed by atoms with Gasteiger partial charge in [0, 0.05) is 0 Å². The van der Waals surface area contributed by atoms with E-state index in [-0.39, 0.29) is 12.5 Å². The van der Waals surface area contributed by atoms with Crippen molar-refractivity contribution < 1.29 is 14.7 Å². The van der Waals surface area contributed by atoms with Crippen LogP contribution >= 0.6 is 11.6 Å². The molecular weight excluding hydrogens is 280 g/mol. The van der Waals surface area contributed by atoms with Crippen LogP contribution in [-0.4, -0.2) is 41.5 Å². The van der Waals surface area contributed by atoms with Gasteiger partial charge in [-0.2, -0.15) is 0 Å². The third-order valence-corrected chi connectivity index (χ3v) is 3.41. The van der Waals surface area contributed by atoms with E-state index in [0.717, 1.165) is 11.1 Å². The highest BCUT2D eigenvalue weighted by Gasteiger charge is 2.19. The van der Waals surface area contributed by atoms with Crippen LogP contribution in [0.3, 0.4) is 0 Å². The molecule has 1 atom stereocenters. The molecule has 0 radical (unpaired) electrons. The number of hydrogen-bond acceptors (Lipinski definition) is 3. The first-order valence-electron chi connectivity index (χ1n) is 6.22. The second kappa shape index (κ2) is 6.72. The van der Waals surface area contributed by atoms with Crippen LogP contribution in [0.1, 0.15) is 18.1 Å². The smallest absolute Gasteiger partial charge is 0.320 e. The summed E-state index contributed by atoms with van der Waals surface area (Å²) in [7, 11) is 1.59. The summed E-state index contributed by atoms with van der Waals surface area (Å²) in [6.45, 7) is 5.29. The van der Waals surface area contributed by atoms with Crippen LogP contribution in [0.15, 0.2) is 12.1 Å². The highest BCUT2D eigenvalue weighted by Crippen LogP contribution is 2.27. The zero-order valence-corrected chi connectivity index (χ0v) is 12.8. The number of nitrogens with one attached hydrogen (secondary N) is 1. The molecule has 6 heteroatoms.